The van der Waals surface area contributed by atoms with Crippen molar-refractivity contribution in [2.75, 3.05) is 26.4 Å². The molecule has 0 aliphatic heterocycles. The number of rotatable bonds is 12. The maximum atomic E-state index is 11.6. The second-order valence-corrected chi connectivity index (χ2v) is 5.01. The van der Waals surface area contributed by atoms with Crippen LogP contribution in [0.2, 0.25) is 0 Å². The molecule has 0 saturated carbocycles. The Morgan fingerprint density at radius 3 is 1.15 bits per heavy atom. The molecule has 0 rings (SSSR count). The number of aliphatic hydroxyl groups excluding tert-OH is 4. The van der Waals surface area contributed by atoms with E-state index in [9.17, 15) is 14.8 Å². The van der Waals surface area contributed by atoms with E-state index in [0.29, 0.717) is 0 Å². The molecule has 120 valence electrons. The summed E-state index contributed by atoms with van der Waals surface area (Å²) in [6, 6.07) is 0. The molecule has 0 aliphatic carbocycles. The molecule has 0 aromatic carbocycles. The van der Waals surface area contributed by atoms with E-state index in [1.54, 1.807) is 0 Å². The Balaban J connectivity index is 4.63. The van der Waals surface area contributed by atoms with Crippen LogP contribution in [-0.2, 0) is 13.6 Å². The molecule has 9 nitrogen and oxygen atoms in total. The Hall–Kier alpha value is -0.220. The molecule has 0 radical (unpaired) electrons. The standard InChI is InChI=1S/C10H22O9P/c11-5-1-9(15,2-6-12)18-20(17)19-10(16,3-7-13)4-8-14/h11-16H,1-8H2/q+1. The minimum atomic E-state index is -3.00. The third-order valence-corrected chi connectivity index (χ3v) is 3.48. The van der Waals surface area contributed by atoms with E-state index in [1.165, 1.54) is 0 Å². The summed E-state index contributed by atoms with van der Waals surface area (Å²) in [5.41, 5.74) is 0. The first-order valence-electron chi connectivity index (χ1n) is 6.08. The first-order chi connectivity index (χ1) is 9.34. The van der Waals surface area contributed by atoms with E-state index < -0.39 is 46.3 Å². The van der Waals surface area contributed by atoms with Crippen molar-refractivity contribution in [1.29, 1.82) is 0 Å². The van der Waals surface area contributed by atoms with Gasteiger partial charge in [0.25, 0.3) is 0 Å². The highest BCUT2D eigenvalue weighted by Gasteiger charge is 2.45. The number of aliphatic hydroxyl groups is 6. The van der Waals surface area contributed by atoms with Gasteiger partial charge in [0.15, 0.2) is 0 Å². The summed E-state index contributed by atoms with van der Waals surface area (Å²) in [7, 11) is -3.00. The van der Waals surface area contributed by atoms with Crippen molar-refractivity contribution in [2.45, 2.75) is 37.3 Å². The summed E-state index contributed by atoms with van der Waals surface area (Å²) >= 11 is 0. The molecular formula is C10H22O9P+. The molecule has 0 atom stereocenters. The normalized spacial score (nSPS) is 12.7. The number of hydrogen-bond donors (Lipinski definition) is 6. The maximum absolute atomic E-state index is 11.6. The Morgan fingerprint density at radius 2 is 0.950 bits per heavy atom. The van der Waals surface area contributed by atoms with Crippen molar-refractivity contribution in [2.24, 2.45) is 0 Å². The molecule has 20 heavy (non-hydrogen) atoms. The van der Waals surface area contributed by atoms with Crippen LogP contribution in [-0.4, -0.2) is 68.6 Å². The minimum Gasteiger partial charge on any atom is -0.396 e. The van der Waals surface area contributed by atoms with E-state index in [-0.39, 0.29) is 25.7 Å². The van der Waals surface area contributed by atoms with Crippen molar-refractivity contribution >= 4 is 8.25 Å². The van der Waals surface area contributed by atoms with Crippen LogP contribution >= 0.6 is 8.25 Å². The van der Waals surface area contributed by atoms with Gasteiger partial charge in [-0.15, -0.1) is 0 Å². The average molecular weight is 317 g/mol. The van der Waals surface area contributed by atoms with Gasteiger partial charge in [-0.05, 0) is 0 Å². The second-order valence-electron chi connectivity index (χ2n) is 4.19. The smallest absolute Gasteiger partial charge is 0.396 e. The lowest BCUT2D eigenvalue weighted by Gasteiger charge is -2.22. The zero-order valence-corrected chi connectivity index (χ0v) is 11.9. The van der Waals surface area contributed by atoms with E-state index in [1.807, 2.05) is 0 Å². The average Bonchev–Trinajstić information content (AvgIpc) is 2.28. The Kier molecular flexibility index (Phi) is 9.56. The fourth-order valence-electron chi connectivity index (χ4n) is 1.43. The fourth-order valence-corrected chi connectivity index (χ4v) is 2.38. The quantitative estimate of drug-likeness (QED) is 0.188. The van der Waals surface area contributed by atoms with Gasteiger partial charge in [0.1, 0.15) is 0 Å². The van der Waals surface area contributed by atoms with E-state index >= 15 is 0 Å². The molecule has 0 amide bonds. The molecule has 0 unspecified atom stereocenters. The molecule has 10 heteroatoms. The zero-order chi connectivity index (χ0) is 15.6. The molecular weight excluding hydrogens is 295 g/mol. The van der Waals surface area contributed by atoms with Gasteiger partial charge < -0.3 is 30.6 Å². The Bertz CT molecular complexity index is 248. The van der Waals surface area contributed by atoms with Gasteiger partial charge in [-0.2, -0.15) is 0 Å². The van der Waals surface area contributed by atoms with Crippen LogP contribution in [0, 0.1) is 0 Å². The lowest BCUT2D eigenvalue weighted by molar-refractivity contribution is -0.191. The predicted octanol–water partition coefficient (Wildman–Crippen LogP) is -1.42. The summed E-state index contributed by atoms with van der Waals surface area (Å²) in [6.45, 7) is -1.90. The molecule has 0 heterocycles. The van der Waals surface area contributed by atoms with Crippen molar-refractivity contribution in [3.05, 3.63) is 0 Å². The molecule has 0 saturated heterocycles. The van der Waals surface area contributed by atoms with E-state index in [2.05, 4.69) is 0 Å². The van der Waals surface area contributed by atoms with Crippen LogP contribution < -0.4 is 0 Å². The highest BCUT2D eigenvalue weighted by atomic mass is 31.1. The van der Waals surface area contributed by atoms with Gasteiger partial charge in [0, 0.05) is 56.7 Å². The van der Waals surface area contributed by atoms with Crippen LogP contribution in [0.1, 0.15) is 25.7 Å². The van der Waals surface area contributed by atoms with Crippen LogP contribution in [0.4, 0.5) is 0 Å². The van der Waals surface area contributed by atoms with Gasteiger partial charge in [-0.1, -0.05) is 9.05 Å². The summed E-state index contributed by atoms with van der Waals surface area (Å²) in [4.78, 5) is 0. The second kappa shape index (κ2) is 9.67. The van der Waals surface area contributed by atoms with Crippen LogP contribution in [0.15, 0.2) is 0 Å². The summed E-state index contributed by atoms with van der Waals surface area (Å²) in [6.07, 6.45) is -1.24. The fraction of sp³-hybridized carbons (Fsp3) is 1.00. The molecule has 0 spiro atoms. The summed E-state index contributed by atoms with van der Waals surface area (Å²) in [5.74, 6) is -4.12. The first-order valence-corrected chi connectivity index (χ1v) is 7.18. The molecule has 6 N–H and O–H groups in total. The largest absolute Gasteiger partial charge is 0.703 e. The monoisotopic (exact) mass is 317 g/mol. The van der Waals surface area contributed by atoms with Gasteiger partial charge >= 0.3 is 8.25 Å². The van der Waals surface area contributed by atoms with Crippen LogP contribution in [0.3, 0.4) is 0 Å². The van der Waals surface area contributed by atoms with Gasteiger partial charge in [-0.3, -0.25) is 0 Å². The van der Waals surface area contributed by atoms with Crippen molar-refractivity contribution in [3.63, 3.8) is 0 Å². The molecule has 0 aliphatic rings. The number of hydrogen-bond acceptors (Lipinski definition) is 9. The summed E-state index contributed by atoms with van der Waals surface area (Å²) in [5, 5.41) is 54.8. The van der Waals surface area contributed by atoms with E-state index in [4.69, 9.17) is 29.5 Å². The Labute approximate surface area is 117 Å². The Morgan fingerprint density at radius 1 is 0.700 bits per heavy atom. The highest BCUT2D eigenvalue weighted by Crippen LogP contribution is 2.39. The molecule has 0 bridgehead atoms. The van der Waals surface area contributed by atoms with Gasteiger partial charge in [-0.25, -0.2) is 0 Å². The third-order valence-electron chi connectivity index (χ3n) is 2.50. The van der Waals surface area contributed by atoms with Crippen molar-refractivity contribution in [3.8, 4) is 0 Å². The van der Waals surface area contributed by atoms with Gasteiger partial charge in [0.05, 0.1) is 0 Å². The molecule has 0 aromatic heterocycles. The van der Waals surface area contributed by atoms with Crippen LogP contribution in [0.25, 0.3) is 0 Å². The first kappa shape index (κ1) is 19.8. The van der Waals surface area contributed by atoms with E-state index in [0.717, 1.165) is 0 Å². The van der Waals surface area contributed by atoms with Crippen molar-refractivity contribution in [1.82, 2.24) is 0 Å². The highest BCUT2D eigenvalue weighted by molar-refractivity contribution is 7.33. The van der Waals surface area contributed by atoms with Crippen molar-refractivity contribution < 1.29 is 44.3 Å². The molecule has 0 aromatic rings. The van der Waals surface area contributed by atoms with Crippen LogP contribution in [0.5, 0.6) is 0 Å². The minimum absolute atomic E-state index is 0.309. The lowest BCUT2D eigenvalue weighted by atomic mass is 10.1. The predicted molar refractivity (Wildman–Crippen MR) is 66.5 cm³/mol. The zero-order valence-electron chi connectivity index (χ0n) is 11.0. The third kappa shape index (κ3) is 7.53. The lowest BCUT2D eigenvalue weighted by Crippen LogP contribution is -2.36. The maximum Gasteiger partial charge on any atom is 0.703 e. The SMILES string of the molecule is O=[P+](OC(O)(CCO)CCO)OC(O)(CCO)CCO. The topological polar surface area (TPSA) is 157 Å². The van der Waals surface area contributed by atoms with Gasteiger partial charge in [0.2, 0.25) is 11.6 Å². The molecule has 0 fully saturated rings. The summed E-state index contributed by atoms with van der Waals surface area (Å²) < 4.78 is 21.0.